The number of alkyl halides is 3. The average Bonchev–Trinajstić information content (AvgIpc) is 3.48. The maximum atomic E-state index is 13.1. The number of anilines is 2. The Morgan fingerprint density at radius 3 is 2.41 bits per heavy atom. The lowest BCUT2D eigenvalue weighted by Crippen LogP contribution is -2.47. The van der Waals surface area contributed by atoms with Crippen LogP contribution in [0.3, 0.4) is 0 Å². The molecular formula is C23H28F3N7S. The van der Waals surface area contributed by atoms with E-state index in [0.29, 0.717) is 30.9 Å². The molecule has 3 fully saturated rings. The monoisotopic (exact) mass is 491 g/mol. The van der Waals surface area contributed by atoms with Crippen LogP contribution in [0.25, 0.3) is 5.65 Å². The van der Waals surface area contributed by atoms with Crippen LogP contribution in [-0.2, 0) is 0 Å². The largest absolute Gasteiger partial charge is 0.391 e. The van der Waals surface area contributed by atoms with Crippen LogP contribution >= 0.6 is 11.5 Å². The van der Waals surface area contributed by atoms with Crippen LogP contribution in [0.5, 0.6) is 0 Å². The van der Waals surface area contributed by atoms with E-state index in [0.717, 1.165) is 47.8 Å². The summed E-state index contributed by atoms with van der Waals surface area (Å²) < 4.78 is 45.4. The highest BCUT2D eigenvalue weighted by atomic mass is 32.1. The molecule has 5 heterocycles. The van der Waals surface area contributed by atoms with E-state index in [9.17, 15) is 13.2 Å². The minimum absolute atomic E-state index is 0.0915. The zero-order valence-electron chi connectivity index (χ0n) is 19.0. The summed E-state index contributed by atoms with van der Waals surface area (Å²) in [7, 11) is 0. The average molecular weight is 492 g/mol. The number of hydrogen-bond acceptors (Lipinski definition) is 7. The lowest BCUT2D eigenvalue weighted by molar-refractivity contribution is -0.182. The first-order valence-corrected chi connectivity index (χ1v) is 12.9. The molecule has 2 bridgehead atoms. The lowest BCUT2D eigenvalue weighted by Gasteiger charge is -2.38. The first kappa shape index (κ1) is 22.1. The number of nitrogens with one attached hydrogen (secondary N) is 1. The normalized spacial score (nSPS) is 29.6. The highest BCUT2D eigenvalue weighted by molar-refractivity contribution is 7.09. The first-order chi connectivity index (χ1) is 16.3. The summed E-state index contributed by atoms with van der Waals surface area (Å²) in [6, 6.07) is 5.08. The van der Waals surface area contributed by atoms with Gasteiger partial charge in [-0.1, -0.05) is 6.07 Å². The molecule has 1 saturated carbocycles. The number of fused-ring (bicyclic) bond motifs is 3. The molecule has 2 atom stereocenters. The Kier molecular flexibility index (Phi) is 5.42. The van der Waals surface area contributed by atoms with Gasteiger partial charge in [0.1, 0.15) is 5.82 Å². The fourth-order valence-electron chi connectivity index (χ4n) is 6.22. The van der Waals surface area contributed by atoms with E-state index in [1.165, 1.54) is 11.5 Å². The summed E-state index contributed by atoms with van der Waals surface area (Å²) in [5, 5.41) is 9.23. The zero-order chi connectivity index (χ0) is 23.4. The number of aryl methyl sites for hydroxylation is 1. The quantitative estimate of drug-likeness (QED) is 0.532. The summed E-state index contributed by atoms with van der Waals surface area (Å²) in [5.74, 6) is 0.343. The highest BCUT2D eigenvalue weighted by Gasteiger charge is 2.43. The maximum absolute atomic E-state index is 13.1. The number of rotatable bonds is 4. The van der Waals surface area contributed by atoms with Crippen molar-refractivity contribution in [2.24, 2.45) is 5.92 Å². The van der Waals surface area contributed by atoms with Gasteiger partial charge in [-0.2, -0.15) is 22.5 Å². The standard InChI is InChI=1S/C23H28F3N7S/c1-13-27-22(34-31-13)33-17-8-9-18(33)12-16(11-17)28-21-29-20-19(3-2-10-32(20)30-21)14-4-6-15(7-5-14)23(24,25)26/h2-3,10,14-18H,4-9,11-12H2,1H3,(H,28,30). The van der Waals surface area contributed by atoms with Crippen molar-refractivity contribution in [2.75, 3.05) is 10.2 Å². The molecule has 6 rings (SSSR count). The summed E-state index contributed by atoms with van der Waals surface area (Å²) in [4.78, 5) is 11.8. The van der Waals surface area contributed by atoms with Crippen LogP contribution in [0.2, 0.25) is 0 Å². The van der Waals surface area contributed by atoms with Crippen molar-refractivity contribution < 1.29 is 13.2 Å². The number of halogens is 3. The molecular weight excluding hydrogens is 463 g/mol. The summed E-state index contributed by atoms with van der Waals surface area (Å²) in [5.41, 5.74) is 1.76. The number of piperidine rings is 1. The molecule has 7 nitrogen and oxygen atoms in total. The molecule has 0 aromatic carbocycles. The Morgan fingerprint density at radius 2 is 1.76 bits per heavy atom. The summed E-state index contributed by atoms with van der Waals surface area (Å²) in [6.07, 6.45) is 3.52. The van der Waals surface area contributed by atoms with Gasteiger partial charge in [-0.15, -0.1) is 5.10 Å². The van der Waals surface area contributed by atoms with E-state index < -0.39 is 12.1 Å². The number of aromatic nitrogens is 5. The second-order valence-electron chi connectivity index (χ2n) is 9.99. The van der Waals surface area contributed by atoms with E-state index in [1.807, 2.05) is 25.3 Å². The third-order valence-corrected chi connectivity index (χ3v) is 8.65. The molecule has 1 aliphatic carbocycles. The molecule has 2 aliphatic heterocycles. The van der Waals surface area contributed by atoms with E-state index >= 15 is 0 Å². The van der Waals surface area contributed by atoms with Gasteiger partial charge >= 0.3 is 6.18 Å². The lowest BCUT2D eigenvalue weighted by atomic mass is 9.78. The van der Waals surface area contributed by atoms with E-state index in [1.54, 1.807) is 4.52 Å². The second kappa shape index (κ2) is 8.35. The Bertz CT molecular complexity index is 1150. The minimum atomic E-state index is -4.09. The number of nitrogens with zero attached hydrogens (tertiary/aromatic N) is 6. The molecule has 3 aromatic heterocycles. The first-order valence-electron chi connectivity index (χ1n) is 12.1. The number of hydrogen-bond donors (Lipinski definition) is 1. The van der Waals surface area contributed by atoms with Crippen molar-refractivity contribution in [1.82, 2.24) is 24.0 Å². The molecule has 0 amide bonds. The zero-order valence-corrected chi connectivity index (χ0v) is 19.8. The van der Waals surface area contributed by atoms with Gasteiger partial charge in [0.25, 0.3) is 0 Å². The molecule has 11 heteroatoms. The van der Waals surface area contributed by atoms with Gasteiger partial charge in [0, 0.05) is 41.4 Å². The molecule has 3 aromatic rings. The SMILES string of the molecule is Cc1nsc(N2C3CCC2CC(Nc2nc4c(C5CCC(C(F)(F)F)CC5)cccn4n2)C3)n1. The van der Waals surface area contributed by atoms with Crippen LogP contribution in [0, 0.1) is 12.8 Å². The molecule has 0 spiro atoms. The van der Waals surface area contributed by atoms with Gasteiger partial charge in [0.15, 0.2) is 5.65 Å². The van der Waals surface area contributed by atoms with Crippen LogP contribution < -0.4 is 10.2 Å². The summed E-state index contributed by atoms with van der Waals surface area (Å²) >= 11 is 1.48. The van der Waals surface area contributed by atoms with Crippen LogP contribution in [0.4, 0.5) is 24.3 Å². The topological polar surface area (TPSA) is 71.2 Å². The van der Waals surface area contributed by atoms with E-state index in [-0.39, 0.29) is 24.8 Å². The Labute approximate surface area is 199 Å². The minimum Gasteiger partial charge on any atom is -0.350 e. The van der Waals surface area contributed by atoms with Crippen LogP contribution in [0.15, 0.2) is 18.3 Å². The van der Waals surface area contributed by atoms with Crippen molar-refractivity contribution in [3.8, 4) is 0 Å². The number of pyridine rings is 1. The van der Waals surface area contributed by atoms with E-state index in [4.69, 9.17) is 4.98 Å². The molecule has 2 saturated heterocycles. The molecule has 1 N–H and O–H groups in total. The third kappa shape index (κ3) is 4.01. The molecule has 2 unspecified atom stereocenters. The summed E-state index contributed by atoms with van der Waals surface area (Å²) in [6.45, 7) is 1.93. The van der Waals surface area contributed by atoms with Gasteiger partial charge in [-0.25, -0.2) is 9.50 Å². The van der Waals surface area contributed by atoms with Gasteiger partial charge < -0.3 is 10.2 Å². The van der Waals surface area contributed by atoms with Crippen molar-refractivity contribution in [3.05, 3.63) is 29.7 Å². The molecule has 182 valence electrons. The Balaban J connectivity index is 1.16. The van der Waals surface area contributed by atoms with E-state index in [2.05, 4.69) is 24.7 Å². The van der Waals surface area contributed by atoms with Crippen LogP contribution in [0.1, 0.15) is 68.7 Å². The van der Waals surface area contributed by atoms with Crippen molar-refractivity contribution in [3.63, 3.8) is 0 Å². The Morgan fingerprint density at radius 1 is 1.03 bits per heavy atom. The smallest absolute Gasteiger partial charge is 0.350 e. The molecule has 34 heavy (non-hydrogen) atoms. The van der Waals surface area contributed by atoms with Crippen molar-refractivity contribution in [2.45, 2.75) is 88.5 Å². The predicted molar refractivity (Wildman–Crippen MR) is 124 cm³/mol. The van der Waals surface area contributed by atoms with Gasteiger partial charge in [0.2, 0.25) is 11.1 Å². The highest BCUT2D eigenvalue weighted by Crippen LogP contribution is 2.44. The van der Waals surface area contributed by atoms with Gasteiger partial charge in [0.05, 0.1) is 5.92 Å². The molecule has 3 aliphatic rings. The fraction of sp³-hybridized carbons (Fsp3) is 0.652. The van der Waals surface area contributed by atoms with Crippen molar-refractivity contribution in [1.29, 1.82) is 0 Å². The Hall–Kier alpha value is -2.43. The van der Waals surface area contributed by atoms with Gasteiger partial charge in [-0.05, 0) is 70.3 Å². The van der Waals surface area contributed by atoms with Crippen LogP contribution in [-0.4, -0.2) is 48.3 Å². The third-order valence-electron chi connectivity index (χ3n) is 7.83. The van der Waals surface area contributed by atoms with Crippen molar-refractivity contribution >= 4 is 28.3 Å². The maximum Gasteiger partial charge on any atom is 0.391 e. The second-order valence-corrected chi connectivity index (χ2v) is 10.7. The fourth-order valence-corrected chi connectivity index (χ4v) is 7.04. The molecule has 0 radical (unpaired) electrons. The predicted octanol–water partition coefficient (Wildman–Crippen LogP) is 5.34. The van der Waals surface area contributed by atoms with Gasteiger partial charge in [-0.3, -0.25) is 0 Å².